The van der Waals surface area contributed by atoms with Crippen molar-refractivity contribution in [2.45, 2.75) is 57.7 Å². The third-order valence-electron chi connectivity index (χ3n) is 5.19. The molecule has 1 unspecified atom stereocenters. The minimum atomic E-state index is 0. The normalized spacial score (nSPS) is 16.9. The lowest BCUT2D eigenvalue weighted by Gasteiger charge is -2.31. The van der Waals surface area contributed by atoms with Crippen LogP contribution in [0.3, 0.4) is 0 Å². The Kier molecular flexibility index (Phi) is 11.7. The number of aromatic nitrogens is 1. The van der Waals surface area contributed by atoms with Crippen LogP contribution in [0.25, 0.3) is 0 Å². The highest BCUT2D eigenvalue weighted by Crippen LogP contribution is 2.22. The maximum absolute atomic E-state index is 5.34. The highest BCUT2D eigenvalue weighted by molar-refractivity contribution is 14.0. The van der Waals surface area contributed by atoms with Crippen LogP contribution in [0.15, 0.2) is 10.4 Å². The lowest BCUT2D eigenvalue weighted by atomic mass is 9.94. The number of methoxy groups -OCH3 is 1. The van der Waals surface area contributed by atoms with Crippen LogP contribution in [0, 0.1) is 0 Å². The molecule has 0 amide bonds. The fourth-order valence-electron chi connectivity index (χ4n) is 3.43. The van der Waals surface area contributed by atoms with Crippen LogP contribution in [-0.2, 0) is 11.3 Å². The van der Waals surface area contributed by atoms with E-state index in [0.29, 0.717) is 0 Å². The van der Waals surface area contributed by atoms with E-state index in [1.165, 1.54) is 32.1 Å². The first-order valence-electron chi connectivity index (χ1n) is 9.64. The molecule has 0 aromatic carbocycles. The number of nitrogens with one attached hydrogen (secondary N) is 1. The van der Waals surface area contributed by atoms with Gasteiger partial charge in [-0.2, -0.15) is 0 Å². The molecule has 1 aromatic heterocycles. The number of thiazole rings is 1. The largest absolute Gasteiger partial charge is 0.375 e. The molecule has 1 aliphatic carbocycles. The second-order valence-electron chi connectivity index (χ2n) is 7.16. The van der Waals surface area contributed by atoms with Gasteiger partial charge in [-0.15, -0.1) is 35.3 Å². The van der Waals surface area contributed by atoms with Crippen LogP contribution in [0.4, 0.5) is 0 Å². The fraction of sp³-hybridized carbons (Fsp3) is 0.789. The van der Waals surface area contributed by atoms with Crippen LogP contribution < -0.4 is 5.32 Å². The standard InChI is InChI=1S/C19H35N5OS.HI/c1-15(25-5)18-22-16(14-26-18)13-24(4)19(20-2)21-11-12-23(3)17-9-7-6-8-10-17;/h14-15,17H,6-13H2,1-5H3,(H,20,21);1H. The summed E-state index contributed by atoms with van der Waals surface area (Å²) in [5.41, 5.74) is 1.05. The van der Waals surface area contributed by atoms with Crippen LogP contribution in [0.5, 0.6) is 0 Å². The zero-order chi connectivity index (χ0) is 18.9. The summed E-state index contributed by atoms with van der Waals surface area (Å²) in [5, 5.41) is 6.61. The zero-order valence-electron chi connectivity index (χ0n) is 17.4. The van der Waals surface area contributed by atoms with Gasteiger partial charge in [0.25, 0.3) is 0 Å². The summed E-state index contributed by atoms with van der Waals surface area (Å²) in [5.74, 6) is 0.913. The Hall–Kier alpha value is -0.450. The molecule has 1 atom stereocenters. The maximum Gasteiger partial charge on any atom is 0.193 e. The van der Waals surface area contributed by atoms with Gasteiger partial charge in [0, 0.05) is 45.7 Å². The van der Waals surface area contributed by atoms with Crippen molar-refractivity contribution in [3.63, 3.8) is 0 Å². The second kappa shape index (κ2) is 12.9. The second-order valence-corrected chi connectivity index (χ2v) is 8.05. The van der Waals surface area contributed by atoms with E-state index in [1.54, 1.807) is 18.4 Å². The minimum absolute atomic E-state index is 0. The van der Waals surface area contributed by atoms with Crippen molar-refractivity contribution in [1.82, 2.24) is 20.1 Å². The van der Waals surface area contributed by atoms with Gasteiger partial charge in [0.2, 0.25) is 0 Å². The van der Waals surface area contributed by atoms with Crippen LogP contribution in [-0.4, -0.2) is 68.1 Å². The number of halogens is 1. The lowest BCUT2D eigenvalue weighted by molar-refractivity contribution is 0.119. The van der Waals surface area contributed by atoms with Gasteiger partial charge in [-0.25, -0.2) is 4.98 Å². The molecule has 0 aliphatic heterocycles. The third kappa shape index (κ3) is 7.83. The van der Waals surface area contributed by atoms with Crippen molar-refractivity contribution in [2.75, 3.05) is 41.3 Å². The molecule has 0 spiro atoms. The van der Waals surface area contributed by atoms with E-state index in [1.807, 2.05) is 14.0 Å². The monoisotopic (exact) mass is 509 g/mol. The Labute approximate surface area is 185 Å². The molecule has 156 valence electrons. The number of hydrogen-bond acceptors (Lipinski definition) is 5. The fourth-order valence-corrected chi connectivity index (χ4v) is 4.28. The quantitative estimate of drug-likeness (QED) is 0.329. The Morgan fingerprint density at radius 2 is 2.07 bits per heavy atom. The Morgan fingerprint density at radius 1 is 1.37 bits per heavy atom. The van der Waals surface area contributed by atoms with Crippen LogP contribution in [0.1, 0.15) is 55.8 Å². The van der Waals surface area contributed by atoms with Gasteiger partial charge in [0.05, 0.1) is 12.2 Å². The number of rotatable bonds is 8. The summed E-state index contributed by atoms with van der Waals surface area (Å²) < 4.78 is 5.34. The predicted octanol–water partition coefficient (Wildman–Crippen LogP) is 3.74. The molecule has 0 radical (unpaired) electrons. The Bertz CT molecular complexity index is 562. The van der Waals surface area contributed by atoms with E-state index in [-0.39, 0.29) is 30.1 Å². The van der Waals surface area contributed by atoms with E-state index in [9.17, 15) is 0 Å². The van der Waals surface area contributed by atoms with Crippen molar-refractivity contribution in [1.29, 1.82) is 0 Å². The molecule has 8 heteroatoms. The molecule has 6 nitrogen and oxygen atoms in total. The number of nitrogens with zero attached hydrogens (tertiary/aromatic N) is 4. The van der Waals surface area contributed by atoms with E-state index < -0.39 is 0 Å². The van der Waals surface area contributed by atoms with Gasteiger partial charge < -0.3 is 19.9 Å². The molecule has 1 heterocycles. The smallest absolute Gasteiger partial charge is 0.193 e. The summed E-state index contributed by atoms with van der Waals surface area (Å²) in [6.07, 6.45) is 6.90. The van der Waals surface area contributed by atoms with Crippen molar-refractivity contribution in [2.24, 2.45) is 4.99 Å². The SMILES string of the molecule is CN=C(NCCN(C)C1CCCCC1)N(C)Cc1csc(C(C)OC)n1.I. The molecule has 1 saturated carbocycles. The molecular weight excluding hydrogens is 473 g/mol. The van der Waals surface area contributed by atoms with Crippen LogP contribution in [0.2, 0.25) is 0 Å². The van der Waals surface area contributed by atoms with E-state index in [0.717, 1.165) is 42.3 Å². The first kappa shape index (κ1) is 24.6. The highest BCUT2D eigenvalue weighted by atomic mass is 127. The molecule has 1 aromatic rings. The van der Waals surface area contributed by atoms with Gasteiger partial charge in [0.1, 0.15) is 11.1 Å². The number of hydrogen-bond donors (Lipinski definition) is 1. The highest BCUT2D eigenvalue weighted by Gasteiger charge is 2.18. The van der Waals surface area contributed by atoms with Gasteiger partial charge in [0.15, 0.2) is 5.96 Å². The van der Waals surface area contributed by atoms with Crippen molar-refractivity contribution >= 4 is 41.3 Å². The summed E-state index contributed by atoms with van der Waals surface area (Å²) in [4.78, 5) is 13.7. The number of aliphatic imine (C=N–C) groups is 1. The topological polar surface area (TPSA) is 53.0 Å². The van der Waals surface area contributed by atoms with E-state index in [2.05, 4.69) is 44.6 Å². The summed E-state index contributed by atoms with van der Waals surface area (Å²) >= 11 is 1.65. The average Bonchev–Trinajstić information content (AvgIpc) is 3.13. The zero-order valence-corrected chi connectivity index (χ0v) is 20.5. The Balaban J connectivity index is 0.00000364. The van der Waals surface area contributed by atoms with Gasteiger partial charge in [-0.3, -0.25) is 4.99 Å². The third-order valence-corrected chi connectivity index (χ3v) is 6.24. The number of guanidine groups is 1. The molecule has 1 fully saturated rings. The van der Waals surface area contributed by atoms with Gasteiger partial charge >= 0.3 is 0 Å². The van der Waals surface area contributed by atoms with Crippen LogP contribution >= 0.6 is 35.3 Å². The van der Waals surface area contributed by atoms with Gasteiger partial charge in [-0.05, 0) is 26.8 Å². The van der Waals surface area contributed by atoms with E-state index in [4.69, 9.17) is 4.74 Å². The number of ether oxygens (including phenoxy) is 1. The lowest BCUT2D eigenvalue weighted by Crippen LogP contribution is -2.43. The van der Waals surface area contributed by atoms with Crippen molar-refractivity contribution in [3.8, 4) is 0 Å². The first-order chi connectivity index (χ1) is 12.5. The summed E-state index contributed by atoms with van der Waals surface area (Å²) in [7, 11) is 7.86. The summed E-state index contributed by atoms with van der Waals surface area (Å²) in [6, 6.07) is 0.751. The predicted molar refractivity (Wildman–Crippen MR) is 125 cm³/mol. The number of likely N-dealkylation sites (N-methyl/N-ethyl adjacent to an activating group) is 1. The molecule has 2 rings (SSSR count). The first-order valence-corrected chi connectivity index (χ1v) is 10.5. The van der Waals surface area contributed by atoms with Crippen molar-refractivity contribution < 1.29 is 4.74 Å². The maximum atomic E-state index is 5.34. The van der Waals surface area contributed by atoms with Crippen molar-refractivity contribution in [3.05, 3.63) is 16.1 Å². The average molecular weight is 510 g/mol. The van der Waals surface area contributed by atoms with E-state index >= 15 is 0 Å². The summed E-state index contributed by atoms with van der Waals surface area (Å²) in [6.45, 7) is 4.72. The molecule has 0 bridgehead atoms. The molecular formula is C19H36IN5OS. The van der Waals surface area contributed by atoms with Gasteiger partial charge in [-0.1, -0.05) is 19.3 Å². The molecule has 1 N–H and O–H groups in total. The molecule has 1 aliphatic rings. The molecule has 27 heavy (non-hydrogen) atoms. The minimum Gasteiger partial charge on any atom is -0.375 e. The molecule has 0 saturated heterocycles. The Morgan fingerprint density at radius 3 is 2.70 bits per heavy atom.